The average Bonchev–Trinajstić information content (AvgIpc) is 3.37. The number of fused-ring (bicyclic) bond motifs is 1. The van der Waals surface area contributed by atoms with E-state index < -0.39 is 24.5 Å². The van der Waals surface area contributed by atoms with Crippen LogP contribution in [0.3, 0.4) is 0 Å². The van der Waals surface area contributed by atoms with Gasteiger partial charge in [-0.15, -0.1) is 11.8 Å². The van der Waals surface area contributed by atoms with E-state index in [4.69, 9.17) is 21.6 Å². The van der Waals surface area contributed by atoms with Crippen LogP contribution in [-0.2, 0) is 4.74 Å². The van der Waals surface area contributed by atoms with Crippen LogP contribution in [0.15, 0.2) is 41.6 Å². The van der Waals surface area contributed by atoms with E-state index in [1.165, 1.54) is 15.8 Å². The number of anilines is 1. The molecule has 4 atom stereocenters. The van der Waals surface area contributed by atoms with E-state index >= 15 is 0 Å². The number of thioether (sulfide) groups is 1. The molecular formula is C22H24ClN7O3S. The lowest BCUT2D eigenvalue weighted by molar-refractivity contribution is -0.0333. The predicted molar refractivity (Wildman–Crippen MR) is 127 cm³/mol. The Morgan fingerprint density at radius 1 is 1.18 bits per heavy atom. The molecule has 2 unspecified atom stereocenters. The van der Waals surface area contributed by atoms with Gasteiger partial charge in [-0.3, -0.25) is 4.57 Å². The van der Waals surface area contributed by atoms with E-state index in [0.29, 0.717) is 22.2 Å². The van der Waals surface area contributed by atoms with E-state index in [9.17, 15) is 10.2 Å². The lowest BCUT2D eigenvalue weighted by atomic mass is 10.1. The summed E-state index contributed by atoms with van der Waals surface area (Å²) < 4.78 is 7.25. The van der Waals surface area contributed by atoms with Crippen LogP contribution in [0.25, 0.3) is 11.2 Å². The fourth-order valence-electron chi connectivity index (χ4n) is 4.30. The Kier molecular flexibility index (Phi) is 6.87. The molecular weight excluding hydrogens is 478 g/mol. The molecule has 0 aliphatic carbocycles. The molecule has 4 heterocycles. The number of benzene rings is 1. The maximum absolute atomic E-state index is 10.5. The van der Waals surface area contributed by atoms with Crippen LogP contribution in [-0.4, -0.2) is 71.4 Å². The lowest BCUT2D eigenvalue weighted by Crippen LogP contribution is -2.39. The first kappa shape index (κ1) is 23.3. The fraction of sp³-hybridized carbons (Fsp3) is 0.455. The summed E-state index contributed by atoms with van der Waals surface area (Å²) >= 11 is 8.12. The Bertz CT molecular complexity index is 1180. The molecule has 0 spiro atoms. The normalized spacial score (nSPS) is 26.1. The molecule has 2 aliphatic rings. The minimum atomic E-state index is -1.23. The SMILES string of the molecule is N#CC[C@H]1O[C@@H](n2cnc3c(NN4CCC(Sc5ccccc5)CC4)nc(Cl)nc32)C(O)C1O. The zero-order valence-electron chi connectivity index (χ0n) is 18.2. The summed E-state index contributed by atoms with van der Waals surface area (Å²) in [6.07, 6.45) is -0.696. The van der Waals surface area contributed by atoms with Gasteiger partial charge in [-0.25, -0.2) is 9.99 Å². The molecule has 2 fully saturated rings. The van der Waals surface area contributed by atoms with Crippen molar-refractivity contribution in [3.8, 4) is 6.07 Å². The first-order chi connectivity index (χ1) is 16.5. The molecule has 2 aliphatic heterocycles. The third kappa shape index (κ3) is 4.70. The van der Waals surface area contributed by atoms with Crippen LogP contribution in [0, 0.1) is 11.3 Å². The zero-order chi connectivity index (χ0) is 23.7. The minimum absolute atomic E-state index is 0.0212. The highest BCUT2D eigenvalue weighted by molar-refractivity contribution is 8.00. The molecule has 2 aromatic heterocycles. The number of aliphatic hydroxyl groups excluding tert-OH is 2. The van der Waals surface area contributed by atoms with Gasteiger partial charge in [-0.05, 0) is 36.6 Å². The van der Waals surface area contributed by atoms with Crippen molar-refractivity contribution in [3.63, 3.8) is 0 Å². The first-order valence-corrected chi connectivity index (χ1v) is 12.3. The van der Waals surface area contributed by atoms with Crippen molar-refractivity contribution in [1.82, 2.24) is 24.5 Å². The Labute approximate surface area is 205 Å². The number of hydrogen-bond donors (Lipinski definition) is 3. The van der Waals surface area contributed by atoms with E-state index in [1.54, 1.807) is 0 Å². The van der Waals surface area contributed by atoms with Crippen molar-refractivity contribution in [1.29, 1.82) is 5.26 Å². The number of aromatic nitrogens is 4. The number of hydrazine groups is 1. The molecule has 0 saturated carbocycles. The van der Waals surface area contributed by atoms with Gasteiger partial charge in [0.15, 0.2) is 23.2 Å². The molecule has 0 bridgehead atoms. The molecule has 12 heteroatoms. The second-order valence-corrected chi connectivity index (χ2v) is 10.0. The molecule has 178 valence electrons. The number of hydrogen-bond acceptors (Lipinski definition) is 10. The first-order valence-electron chi connectivity index (χ1n) is 11.1. The number of nitrogens with one attached hydrogen (secondary N) is 1. The number of halogens is 1. The standard InChI is InChI=1S/C22H24ClN7O3S/c23-22-26-19(28-29-10-7-14(8-11-29)34-13-4-2-1-3-5-13)16-20(27-22)30(12-25-16)21-18(32)17(31)15(33-21)6-9-24/h1-5,12,14-15,17-18,21,31-32H,6-8,10-11H2,(H,26,27,28)/t15-,17?,18?,21-/m1/s1. The number of piperidine rings is 1. The molecule has 5 rings (SSSR count). The van der Waals surface area contributed by atoms with Crippen molar-refractivity contribution in [2.75, 3.05) is 18.5 Å². The molecule has 2 saturated heterocycles. The van der Waals surface area contributed by atoms with E-state index in [-0.39, 0.29) is 11.7 Å². The number of nitriles is 1. The van der Waals surface area contributed by atoms with Gasteiger partial charge < -0.3 is 20.4 Å². The Hall–Kier alpha value is -2.46. The highest BCUT2D eigenvalue weighted by atomic mass is 35.5. The summed E-state index contributed by atoms with van der Waals surface area (Å²) in [4.78, 5) is 14.3. The molecule has 10 nitrogen and oxygen atoms in total. The van der Waals surface area contributed by atoms with Crippen LogP contribution in [0.4, 0.5) is 5.82 Å². The summed E-state index contributed by atoms with van der Waals surface area (Å²) in [6.45, 7) is 1.67. The predicted octanol–water partition coefficient (Wildman–Crippen LogP) is 2.60. The Morgan fingerprint density at radius 2 is 1.94 bits per heavy atom. The Morgan fingerprint density at radius 3 is 2.68 bits per heavy atom. The van der Waals surface area contributed by atoms with Gasteiger partial charge in [0.05, 0.1) is 18.8 Å². The number of imidazole rings is 1. The Balaban J connectivity index is 1.30. The molecule has 34 heavy (non-hydrogen) atoms. The minimum Gasteiger partial charge on any atom is -0.387 e. The van der Waals surface area contributed by atoms with E-state index in [1.807, 2.05) is 23.9 Å². The zero-order valence-corrected chi connectivity index (χ0v) is 19.7. The second-order valence-electron chi connectivity index (χ2n) is 8.30. The van der Waals surface area contributed by atoms with Gasteiger partial charge in [0.25, 0.3) is 0 Å². The van der Waals surface area contributed by atoms with Crippen LogP contribution in [0.5, 0.6) is 0 Å². The maximum atomic E-state index is 10.5. The molecule has 0 amide bonds. The lowest BCUT2D eigenvalue weighted by Gasteiger charge is -2.32. The maximum Gasteiger partial charge on any atom is 0.226 e. The van der Waals surface area contributed by atoms with Crippen LogP contribution >= 0.6 is 23.4 Å². The van der Waals surface area contributed by atoms with Gasteiger partial charge in [0.2, 0.25) is 5.28 Å². The molecule has 3 aromatic rings. The van der Waals surface area contributed by atoms with E-state index in [0.717, 1.165) is 25.9 Å². The second kappa shape index (κ2) is 10.0. The van der Waals surface area contributed by atoms with Crippen LogP contribution in [0.1, 0.15) is 25.5 Å². The number of ether oxygens (including phenoxy) is 1. The topological polar surface area (TPSA) is 132 Å². The monoisotopic (exact) mass is 501 g/mol. The summed E-state index contributed by atoms with van der Waals surface area (Å²) in [5, 5.41) is 32.3. The van der Waals surface area contributed by atoms with Crippen molar-refractivity contribution < 1.29 is 14.9 Å². The fourth-order valence-corrected chi connectivity index (χ4v) is 5.61. The molecule has 3 N–H and O–H groups in total. The van der Waals surface area contributed by atoms with Gasteiger partial charge in [-0.1, -0.05) is 18.2 Å². The van der Waals surface area contributed by atoms with Crippen molar-refractivity contribution >= 4 is 40.3 Å². The molecule has 1 aromatic carbocycles. The summed E-state index contributed by atoms with van der Waals surface area (Å²) in [5.41, 5.74) is 4.16. The number of nitrogens with zero attached hydrogens (tertiary/aromatic N) is 6. The van der Waals surface area contributed by atoms with Gasteiger partial charge in [0, 0.05) is 23.2 Å². The van der Waals surface area contributed by atoms with Gasteiger partial charge in [0.1, 0.15) is 18.3 Å². The number of rotatable bonds is 6. The summed E-state index contributed by atoms with van der Waals surface area (Å²) in [5.74, 6) is 0.463. The highest BCUT2D eigenvalue weighted by Gasteiger charge is 2.44. The smallest absolute Gasteiger partial charge is 0.226 e. The third-order valence-corrected chi connectivity index (χ3v) is 7.57. The van der Waals surface area contributed by atoms with Gasteiger partial charge >= 0.3 is 0 Å². The summed E-state index contributed by atoms with van der Waals surface area (Å²) in [7, 11) is 0. The van der Waals surface area contributed by atoms with Crippen LogP contribution < -0.4 is 5.43 Å². The largest absolute Gasteiger partial charge is 0.387 e. The quantitative estimate of drug-likeness (QED) is 0.433. The van der Waals surface area contributed by atoms with E-state index in [2.05, 4.69) is 49.7 Å². The average molecular weight is 502 g/mol. The molecule has 0 radical (unpaired) electrons. The van der Waals surface area contributed by atoms with Gasteiger partial charge in [-0.2, -0.15) is 15.2 Å². The highest BCUT2D eigenvalue weighted by Crippen LogP contribution is 2.34. The van der Waals surface area contributed by atoms with Crippen molar-refractivity contribution in [2.45, 2.75) is 53.9 Å². The summed E-state index contributed by atoms with van der Waals surface area (Å²) in [6, 6.07) is 12.4. The third-order valence-electron chi connectivity index (χ3n) is 6.05. The van der Waals surface area contributed by atoms with Crippen molar-refractivity contribution in [3.05, 3.63) is 41.9 Å². The number of aliphatic hydroxyl groups is 2. The van der Waals surface area contributed by atoms with Crippen molar-refractivity contribution in [2.24, 2.45) is 0 Å². The van der Waals surface area contributed by atoms with Crippen LogP contribution in [0.2, 0.25) is 5.28 Å².